The molecule has 0 spiro atoms. The first-order valence-corrected chi connectivity index (χ1v) is 8.22. The van der Waals surface area contributed by atoms with Crippen LogP contribution in [0.25, 0.3) is 10.9 Å². The van der Waals surface area contributed by atoms with Crippen molar-refractivity contribution in [1.29, 1.82) is 0 Å². The molecule has 7 heteroatoms. The lowest BCUT2D eigenvalue weighted by molar-refractivity contribution is 0.471. The molecule has 0 radical (unpaired) electrons. The minimum Gasteiger partial charge on any atom is -0.322 e. The van der Waals surface area contributed by atoms with E-state index in [9.17, 15) is 9.59 Å². The van der Waals surface area contributed by atoms with Crippen LogP contribution in [0.1, 0.15) is 36.7 Å². The molecule has 2 aromatic heterocycles. The van der Waals surface area contributed by atoms with Crippen molar-refractivity contribution in [2.45, 2.75) is 38.4 Å². The Bertz CT molecular complexity index is 984. The lowest BCUT2D eigenvalue weighted by Crippen LogP contribution is -2.27. The molecule has 0 bridgehead atoms. The largest absolute Gasteiger partial charge is 0.343 e. The van der Waals surface area contributed by atoms with Crippen molar-refractivity contribution in [3.05, 3.63) is 62.6 Å². The van der Waals surface area contributed by atoms with E-state index < -0.39 is 0 Å². The molecular formula is C17H19N5O2. The molecule has 0 saturated carbocycles. The third kappa shape index (κ3) is 2.67. The van der Waals surface area contributed by atoms with Crippen molar-refractivity contribution in [3.63, 3.8) is 0 Å². The molecule has 24 heavy (non-hydrogen) atoms. The number of hydrogen-bond donors (Lipinski definition) is 3. The molecule has 0 saturated heterocycles. The van der Waals surface area contributed by atoms with Gasteiger partial charge in [0.2, 0.25) is 0 Å². The highest BCUT2D eigenvalue weighted by atomic mass is 16.1. The minimum absolute atomic E-state index is 0.0303. The summed E-state index contributed by atoms with van der Waals surface area (Å²) >= 11 is 0. The summed E-state index contributed by atoms with van der Waals surface area (Å²) in [5.41, 5.74) is 1.26. The molecule has 0 aliphatic carbocycles. The number of H-pyrrole nitrogens is 2. The molecule has 3 N–H and O–H groups in total. The van der Waals surface area contributed by atoms with E-state index >= 15 is 0 Å². The van der Waals surface area contributed by atoms with Gasteiger partial charge in [-0.2, -0.15) is 5.10 Å². The Morgan fingerprint density at radius 2 is 2.12 bits per heavy atom. The van der Waals surface area contributed by atoms with Crippen molar-refractivity contribution in [1.82, 2.24) is 25.1 Å². The van der Waals surface area contributed by atoms with Crippen LogP contribution in [0.5, 0.6) is 0 Å². The summed E-state index contributed by atoms with van der Waals surface area (Å²) in [4.78, 5) is 27.0. The van der Waals surface area contributed by atoms with Gasteiger partial charge in [-0.15, -0.1) is 0 Å². The van der Waals surface area contributed by atoms with Gasteiger partial charge in [0, 0.05) is 24.2 Å². The predicted molar refractivity (Wildman–Crippen MR) is 90.8 cm³/mol. The van der Waals surface area contributed by atoms with E-state index in [2.05, 4.69) is 20.5 Å². The summed E-state index contributed by atoms with van der Waals surface area (Å²) in [5.74, 6) is 0.731. The highest BCUT2D eigenvalue weighted by Gasteiger charge is 2.22. The van der Waals surface area contributed by atoms with Crippen molar-refractivity contribution >= 4 is 10.9 Å². The zero-order valence-corrected chi connectivity index (χ0v) is 13.2. The van der Waals surface area contributed by atoms with Crippen LogP contribution in [0.3, 0.4) is 0 Å². The molecule has 1 aliphatic heterocycles. The molecule has 0 fully saturated rings. The fourth-order valence-electron chi connectivity index (χ4n) is 3.31. The van der Waals surface area contributed by atoms with Gasteiger partial charge in [0.05, 0.1) is 6.04 Å². The van der Waals surface area contributed by atoms with Gasteiger partial charge in [-0.05, 0) is 36.8 Å². The van der Waals surface area contributed by atoms with E-state index in [1.807, 2.05) is 30.3 Å². The van der Waals surface area contributed by atoms with Gasteiger partial charge in [0.25, 0.3) is 5.56 Å². The molecule has 0 amide bonds. The molecule has 1 unspecified atom stereocenters. The fourth-order valence-corrected chi connectivity index (χ4v) is 3.31. The molecule has 124 valence electrons. The van der Waals surface area contributed by atoms with E-state index in [-0.39, 0.29) is 17.3 Å². The maximum Gasteiger partial charge on any atom is 0.343 e. The molecule has 4 rings (SSSR count). The van der Waals surface area contributed by atoms with Crippen LogP contribution < -0.4 is 16.6 Å². The SMILES string of the molecule is O=c1[nH]c2ccccc2cc1CNC1CCCCn2c1n[nH]c2=O. The maximum absolute atomic E-state index is 12.3. The van der Waals surface area contributed by atoms with E-state index in [0.29, 0.717) is 18.7 Å². The van der Waals surface area contributed by atoms with Crippen LogP contribution in [-0.2, 0) is 13.1 Å². The first kappa shape index (κ1) is 14.9. The monoisotopic (exact) mass is 325 g/mol. The Morgan fingerprint density at radius 1 is 1.25 bits per heavy atom. The van der Waals surface area contributed by atoms with Gasteiger partial charge >= 0.3 is 5.69 Å². The quantitative estimate of drug-likeness (QED) is 0.679. The first-order valence-electron chi connectivity index (χ1n) is 8.22. The lowest BCUT2D eigenvalue weighted by atomic mass is 10.1. The predicted octanol–water partition coefficient (Wildman–Crippen LogP) is 1.43. The number of benzene rings is 1. The second kappa shape index (κ2) is 6.09. The molecular weight excluding hydrogens is 306 g/mol. The lowest BCUT2D eigenvalue weighted by Gasteiger charge is -2.15. The average Bonchev–Trinajstić information content (AvgIpc) is 2.83. The van der Waals surface area contributed by atoms with Gasteiger partial charge in [-0.1, -0.05) is 18.2 Å². The topological polar surface area (TPSA) is 95.6 Å². The van der Waals surface area contributed by atoms with Crippen LogP contribution in [0.15, 0.2) is 39.9 Å². The van der Waals surface area contributed by atoms with Crippen molar-refractivity contribution in [3.8, 4) is 0 Å². The van der Waals surface area contributed by atoms with Crippen LogP contribution in [0.4, 0.5) is 0 Å². The van der Waals surface area contributed by atoms with Gasteiger partial charge in [-0.25, -0.2) is 9.89 Å². The summed E-state index contributed by atoms with van der Waals surface area (Å²) in [7, 11) is 0. The van der Waals surface area contributed by atoms with Gasteiger partial charge < -0.3 is 10.3 Å². The second-order valence-electron chi connectivity index (χ2n) is 6.18. The third-order valence-electron chi connectivity index (χ3n) is 4.59. The minimum atomic E-state index is -0.165. The zero-order chi connectivity index (χ0) is 16.5. The second-order valence-corrected chi connectivity index (χ2v) is 6.18. The van der Waals surface area contributed by atoms with Crippen LogP contribution >= 0.6 is 0 Å². The van der Waals surface area contributed by atoms with Gasteiger partial charge in [-0.3, -0.25) is 9.36 Å². The molecule has 3 aromatic rings. The number of para-hydroxylation sites is 1. The Balaban J connectivity index is 1.60. The molecule has 1 aromatic carbocycles. The van der Waals surface area contributed by atoms with Crippen LogP contribution in [0, 0.1) is 0 Å². The molecule has 1 atom stereocenters. The third-order valence-corrected chi connectivity index (χ3v) is 4.59. The van der Waals surface area contributed by atoms with Crippen molar-refractivity contribution in [2.75, 3.05) is 0 Å². The Kier molecular flexibility index (Phi) is 3.78. The van der Waals surface area contributed by atoms with Gasteiger partial charge in [0.15, 0.2) is 5.82 Å². The van der Waals surface area contributed by atoms with E-state index in [1.165, 1.54) is 0 Å². The summed E-state index contributed by atoms with van der Waals surface area (Å²) in [6, 6.07) is 9.60. The number of rotatable bonds is 3. The van der Waals surface area contributed by atoms with Crippen LogP contribution in [-0.4, -0.2) is 19.7 Å². The Hall–Kier alpha value is -2.67. The maximum atomic E-state index is 12.3. The smallest absolute Gasteiger partial charge is 0.322 e. The molecule has 3 heterocycles. The summed E-state index contributed by atoms with van der Waals surface area (Å²) in [6.45, 7) is 1.13. The summed E-state index contributed by atoms with van der Waals surface area (Å²) in [5, 5.41) is 11.1. The summed E-state index contributed by atoms with van der Waals surface area (Å²) in [6.07, 6.45) is 2.88. The highest BCUT2D eigenvalue weighted by molar-refractivity contribution is 5.78. The van der Waals surface area contributed by atoms with E-state index in [0.717, 1.165) is 36.0 Å². The highest BCUT2D eigenvalue weighted by Crippen LogP contribution is 2.21. The number of fused-ring (bicyclic) bond motifs is 2. The molecule has 1 aliphatic rings. The summed E-state index contributed by atoms with van der Waals surface area (Å²) < 4.78 is 1.69. The number of nitrogens with zero attached hydrogens (tertiary/aromatic N) is 2. The van der Waals surface area contributed by atoms with E-state index in [1.54, 1.807) is 4.57 Å². The standard InChI is InChI=1S/C17H19N5O2/c23-16-12(9-11-5-1-2-6-13(11)19-16)10-18-14-7-3-4-8-22-15(14)20-21-17(22)24/h1-2,5-6,9,14,18H,3-4,7-8,10H2,(H,19,23)(H,21,24). The van der Waals surface area contributed by atoms with E-state index in [4.69, 9.17) is 0 Å². The number of nitrogens with one attached hydrogen (secondary N) is 3. The number of aromatic amines is 2. The number of pyridine rings is 1. The van der Waals surface area contributed by atoms with Crippen molar-refractivity contribution < 1.29 is 0 Å². The Morgan fingerprint density at radius 3 is 3.04 bits per heavy atom. The van der Waals surface area contributed by atoms with Crippen molar-refractivity contribution in [2.24, 2.45) is 0 Å². The Labute approximate surface area is 137 Å². The van der Waals surface area contributed by atoms with Crippen LogP contribution in [0.2, 0.25) is 0 Å². The average molecular weight is 325 g/mol. The number of hydrogen-bond acceptors (Lipinski definition) is 4. The normalized spacial score (nSPS) is 17.6. The number of aromatic nitrogens is 4. The van der Waals surface area contributed by atoms with Gasteiger partial charge in [0.1, 0.15) is 0 Å². The first-order chi connectivity index (χ1) is 11.7. The molecule has 7 nitrogen and oxygen atoms in total. The fraction of sp³-hybridized carbons (Fsp3) is 0.353. The zero-order valence-electron chi connectivity index (χ0n) is 13.2.